The third-order valence-corrected chi connectivity index (χ3v) is 4.90. The molecule has 1 aliphatic rings. The number of benzene rings is 2. The van der Waals surface area contributed by atoms with E-state index in [2.05, 4.69) is 39.9 Å². The van der Waals surface area contributed by atoms with Crippen molar-refractivity contribution in [2.75, 3.05) is 6.54 Å². The lowest BCUT2D eigenvalue weighted by atomic mass is 9.96. The maximum Gasteiger partial charge on any atom is 0.251 e. The minimum atomic E-state index is -0.0508. The second-order valence-electron chi connectivity index (χ2n) is 6.44. The molecule has 1 amide bonds. The molecule has 3 aromatic rings. The van der Waals surface area contributed by atoms with Gasteiger partial charge >= 0.3 is 0 Å². The zero-order valence-corrected chi connectivity index (χ0v) is 13.7. The number of amides is 1. The normalized spacial score (nSPS) is 15.4. The Labute approximate surface area is 140 Å². The zero-order chi connectivity index (χ0) is 16.6. The number of carbonyl (C=O) groups excluding carboxylic acids is 1. The highest BCUT2D eigenvalue weighted by molar-refractivity contribution is 5.97. The third-order valence-electron chi connectivity index (χ3n) is 4.90. The van der Waals surface area contributed by atoms with Gasteiger partial charge in [0, 0.05) is 24.1 Å². The Morgan fingerprint density at radius 1 is 1.21 bits per heavy atom. The Hall–Kier alpha value is -2.69. The molecule has 0 spiro atoms. The number of fused-ring (bicyclic) bond motifs is 1. The van der Waals surface area contributed by atoms with E-state index in [1.807, 2.05) is 35.9 Å². The molecule has 1 aliphatic carbocycles. The molecule has 4 rings (SSSR count). The predicted octanol–water partition coefficient (Wildman–Crippen LogP) is 2.91. The summed E-state index contributed by atoms with van der Waals surface area (Å²) in [5, 5.41) is 11.3. The minimum Gasteiger partial charge on any atom is -0.351 e. The molecule has 1 N–H and O–H groups in total. The van der Waals surface area contributed by atoms with Crippen molar-refractivity contribution in [2.45, 2.75) is 31.7 Å². The van der Waals surface area contributed by atoms with Crippen LogP contribution in [0.1, 0.15) is 35.7 Å². The molecule has 1 aromatic heterocycles. The Morgan fingerprint density at radius 2 is 2.00 bits per heavy atom. The molecular formula is C19H20N4O. The molecule has 122 valence electrons. The van der Waals surface area contributed by atoms with E-state index in [1.54, 1.807) is 0 Å². The fourth-order valence-electron chi connectivity index (χ4n) is 3.21. The van der Waals surface area contributed by atoms with Gasteiger partial charge in [-0.3, -0.25) is 4.79 Å². The van der Waals surface area contributed by atoms with Crippen LogP contribution in [0.5, 0.6) is 0 Å². The molecule has 1 fully saturated rings. The van der Waals surface area contributed by atoms with Crippen LogP contribution in [0.2, 0.25) is 0 Å². The fraction of sp³-hybridized carbons (Fsp3) is 0.316. The van der Waals surface area contributed by atoms with E-state index in [0.717, 1.165) is 30.4 Å². The number of hydrogen-bond acceptors (Lipinski definition) is 3. The number of hydrogen-bond donors (Lipinski definition) is 1. The minimum absolute atomic E-state index is 0.0508. The number of aromatic nitrogens is 3. The first-order valence-electron chi connectivity index (χ1n) is 8.39. The number of rotatable bonds is 5. The Bertz CT molecular complexity index is 881. The summed E-state index contributed by atoms with van der Waals surface area (Å²) < 4.78 is 1.83. The monoisotopic (exact) mass is 320 g/mol. The standard InChI is InChI=1S/C19H20N4O/c1-2-23-17-9-8-14(12-16(17)21-22-23)18(24)20-13-19(10-11-19)15-6-4-3-5-7-15/h3-9,12H,2,10-11,13H2,1H3,(H,20,24). The zero-order valence-electron chi connectivity index (χ0n) is 13.7. The summed E-state index contributed by atoms with van der Waals surface area (Å²) in [6.07, 6.45) is 2.25. The van der Waals surface area contributed by atoms with Gasteiger partial charge in [-0.15, -0.1) is 5.10 Å². The molecule has 0 saturated heterocycles. The van der Waals surface area contributed by atoms with E-state index >= 15 is 0 Å². The Morgan fingerprint density at radius 3 is 2.71 bits per heavy atom. The molecule has 5 heteroatoms. The van der Waals surface area contributed by atoms with Crippen LogP contribution in [0.3, 0.4) is 0 Å². The maximum absolute atomic E-state index is 12.5. The van der Waals surface area contributed by atoms with Gasteiger partial charge in [0.2, 0.25) is 0 Å². The summed E-state index contributed by atoms with van der Waals surface area (Å²) in [4.78, 5) is 12.5. The maximum atomic E-state index is 12.5. The number of aryl methyl sites for hydroxylation is 1. The molecule has 1 saturated carbocycles. The van der Waals surface area contributed by atoms with Gasteiger partial charge in [-0.2, -0.15) is 0 Å². The lowest BCUT2D eigenvalue weighted by Gasteiger charge is -2.16. The van der Waals surface area contributed by atoms with Crippen molar-refractivity contribution in [3.8, 4) is 0 Å². The summed E-state index contributed by atoms with van der Waals surface area (Å²) in [5.41, 5.74) is 3.78. The topological polar surface area (TPSA) is 59.8 Å². The van der Waals surface area contributed by atoms with Gasteiger partial charge in [0.1, 0.15) is 5.52 Å². The predicted molar refractivity (Wildman–Crippen MR) is 92.9 cm³/mol. The number of carbonyl (C=O) groups is 1. The van der Waals surface area contributed by atoms with E-state index in [9.17, 15) is 4.79 Å². The summed E-state index contributed by atoms with van der Waals surface area (Å²) in [7, 11) is 0. The molecular weight excluding hydrogens is 300 g/mol. The van der Waals surface area contributed by atoms with Crippen molar-refractivity contribution >= 4 is 16.9 Å². The summed E-state index contributed by atoms with van der Waals surface area (Å²) in [6.45, 7) is 3.46. The first-order valence-corrected chi connectivity index (χ1v) is 8.39. The summed E-state index contributed by atoms with van der Waals surface area (Å²) in [5.74, 6) is -0.0508. The molecule has 0 atom stereocenters. The highest BCUT2D eigenvalue weighted by atomic mass is 16.1. The Kier molecular flexibility index (Phi) is 3.56. The van der Waals surface area contributed by atoms with Crippen molar-refractivity contribution < 1.29 is 4.79 Å². The lowest BCUT2D eigenvalue weighted by Crippen LogP contribution is -2.32. The van der Waals surface area contributed by atoms with Crippen LogP contribution in [0, 0.1) is 0 Å². The molecule has 0 aliphatic heterocycles. The van der Waals surface area contributed by atoms with Gasteiger partial charge in [0.15, 0.2) is 0 Å². The molecule has 2 aromatic carbocycles. The lowest BCUT2D eigenvalue weighted by molar-refractivity contribution is 0.0950. The van der Waals surface area contributed by atoms with Crippen LogP contribution >= 0.6 is 0 Å². The third kappa shape index (κ3) is 2.56. The van der Waals surface area contributed by atoms with Crippen LogP contribution in [0.15, 0.2) is 48.5 Å². The molecule has 1 heterocycles. The van der Waals surface area contributed by atoms with Gasteiger partial charge in [0.05, 0.1) is 5.52 Å². The average molecular weight is 320 g/mol. The van der Waals surface area contributed by atoms with Gasteiger partial charge < -0.3 is 5.32 Å². The van der Waals surface area contributed by atoms with Crippen LogP contribution in [0.4, 0.5) is 0 Å². The van der Waals surface area contributed by atoms with Crippen molar-refractivity contribution in [2.24, 2.45) is 0 Å². The van der Waals surface area contributed by atoms with Gasteiger partial charge in [-0.05, 0) is 43.5 Å². The van der Waals surface area contributed by atoms with E-state index in [-0.39, 0.29) is 11.3 Å². The largest absolute Gasteiger partial charge is 0.351 e. The van der Waals surface area contributed by atoms with Crippen molar-refractivity contribution in [1.82, 2.24) is 20.3 Å². The number of nitrogens with one attached hydrogen (secondary N) is 1. The van der Waals surface area contributed by atoms with E-state index in [0.29, 0.717) is 12.1 Å². The van der Waals surface area contributed by atoms with E-state index in [4.69, 9.17) is 0 Å². The van der Waals surface area contributed by atoms with Gasteiger partial charge in [-0.25, -0.2) is 4.68 Å². The SMILES string of the molecule is CCn1nnc2cc(C(=O)NCC3(c4ccccc4)CC3)ccc21. The van der Waals surface area contributed by atoms with Crippen molar-refractivity contribution in [3.05, 3.63) is 59.7 Å². The second-order valence-corrected chi connectivity index (χ2v) is 6.44. The van der Waals surface area contributed by atoms with E-state index in [1.165, 1.54) is 5.56 Å². The van der Waals surface area contributed by atoms with Gasteiger partial charge in [-0.1, -0.05) is 35.5 Å². The van der Waals surface area contributed by atoms with Gasteiger partial charge in [0.25, 0.3) is 5.91 Å². The second kappa shape index (κ2) is 5.74. The molecule has 0 radical (unpaired) electrons. The smallest absolute Gasteiger partial charge is 0.251 e. The van der Waals surface area contributed by atoms with Crippen LogP contribution in [-0.2, 0) is 12.0 Å². The first-order chi connectivity index (χ1) is 11.7. The summed E-state index contributed by atoms with van der Waals surface area (Å²) >= 11 is 0. The Balaban J connectivity index is 1.49. The molecule has 24 heavy (non-hydrogen) atoms. The quantitative estimate of drug-likeness (QED) is 0.786. The first kappa shape index (κ1) is 14.9. The molecule has 0 bridgehead atoms. The highest BCUT2D eigenvalue weighted by Crippen LogP contribution is 2.47. The van der Waals surface area contributed by atoms with Crippen LogP contribution < -0.4 is 5.32 Å². The fourth-order valence-corrected chi connectivity index (χ4v) is 3.21. The summed E-state index contributed by atoms with van der Waals surface area (Å²) in [6, 6.07) is 16.0. The molecule has 0 unspecified atom stereocenters. The average Bonchev–Trinajstić information content (AvgIpc) is 3.32. The molecule has 5 nitrogen and oxygen atoms in total. The van der Waals surface area contributed by atoms with Crippen molar-refractivity contribution in [3.63, 3.8) is 0 Å². The van der Waals surface area contributed by atoms with Crippen LogP contribution in [-0.4, -0.2) is 27.4 Å². The number of nitrogens with zero attached hydrogens (tertiary/aromatic N) is 3. The van der Waals surface area contributed by atoms with Crippen LogP contribution in [0.25, 0.3) is 11.0 Å². The highest BCUT2D eigenvalue weighted by Gasteiger charge is 2.44. The van der Waals surface area contributed by atoms with E-state index < -0.39 is 0 Å². The van der Waals surface area contributed by atoms with Crippen molar-refractivity contribution in [1.29, 1.82) is 0 Å².